The summed E-state index contributed by atoms with van der Waals surface area (Å²) in [5.41, 5.74) is 3.70. The molecule has 9 nitrogen and oxygen atoms in total. The molecule has 0 fully saturated rings. The van der Waals surface area contributed by atoms with Crippen LogP contribution in [0.15, 0.2) is 72.9 Å². The first-order valence-corrected chi connectivity index (χ1v) is 15.5. The van der Waals surface area contributed by atoms with Gasteiger partial charge in [-0.3, -0.25) is 9.48 Å². The molecule has 1 aliphatic heterocycles. The number of rotatable bonds is 8. The standard InChI is InChI=1S/C34H28F2N6O3S/c1-4-29(43)41-8-9-42-27(19(41)2)16-26(40-42)33-31(30-25(36)14-23(35)15-28(30)45-11-10-44-3)34-24(7-12-46-34)32(39-33)20-5-6-21-17-37-38-18-22(21)13-20/h4-7,12-19H,1,8-11H2,2-3H3/t19-/m1/s1. The van der Waals surface area contributed by atoms with Crippen LogP contribution in [0.4, 0.5) is 8.78 Å². The first-order valence-electron chi connectivity index (χ1n) is 14.6. The van der Waals surface area contributed by atoms with Crippen molar-refractivity contribution in [2.75, 3.05) is 26.9 Å². The number of thiophene rings is 1. The molecule has 6 aromatic rings. The van der Waals surface area contributed by atoms with E-state index in [9.17, 15) is 9.18 Å². The minimum absolute atomic E-state index is 0.0319. The molecule has 0 N–H and O–H groups in total. The quantitative estimate of drug-likeness (QED) is 0.133. The Balaban J connectivity index is 1.50. The van der Waals surface area contributed by atoms with Gasteiger partial charge in [0.25, 0.3) is 0 Å². The van der Waals surface area contributed by atoms with E-state index in [-0.39, 0.29) is 36.5 Å². The van der Waals surface area contributed by atoms with E-state index in [1.807, 2.05) is 47.3 Å². The molecule has 0 radical (unpaired) electrons. The number of fused-ring (bicyclic) bond motifs is 3. The molecule has 4 aromatic heterocycles. The van der Waals surface area contributed by atoms with Gasteiger partial charge >= 0.3 is 0 Å². The van der Waals surface area contributed by atoms with Crippen LogP contribution < -0.4 is 4.74 Å². The fourth-order valence-electron chi connectivity index (χ4n) is 5.98. The summed E-state index contributed by atoms with van der Waals surface area (Å²) in [7, 11) is 1.52. The fourth-order valence-corrected chi connectivity index (χ4v) is 6.93. The lowest BCUT2D eigenvalue weighted by Crippen LogP contribution is -2.40. The summed E-state index contributed by atoms with van der Waals surface area (Å²) < 4.78 is 44.3. The lowest BCUT2D eigenvalue weighted by molar-refractivity contribution is -0.129. The Morgan fingerprint density at radius 3 is 2.67 bits per heavy atom. The number of carbonyl (C=O) groups is 1. The third-order valence-corrected chi connectivity index (χ3v) is 9.13. The van der Waals surface area contributed by atoms with Crippen LogP contribution in [0, 0.1) is 11.6 Å². The molecule has 7 rings (SSSR count). The second-order valence-electron chi connectivity index (χ2n) is 10.9. The zero-order valence-electron chi connectivity index (χ0n) is 25.0. The van der Waals surface area contributed by atoms with E-state index in [2.05, 4.69) is 16.8 Å². The predicted molar refractivity (Wildman–Crippen MR) is 172 cm³/mol. The van der Waals surface area contributed by atoms with Crippen LogP contribution in [0.5, 0.6) is 5.75 Å². The van der Waals surface area contributed by atoms with Crippen molar-refractivity contribution in [3.63, 3.8) is 0 Å². The van der Waals surface area contributed by atoms with Crippen molar-refractivity contribution >= 4 is 38.1 Å². The number of aromatic nitrogens is 5. The van der Waals surface area contributed by atoms with E-state index in [0.29, 0.717) is 35.7 Å². The molecular formula is C34H28F2N6O3S. The molecule has 5 heterocycles. The zero-order chi connectivity index (χ0) is 31.9. The number of methoxy groups -OCH3 is 1. The normalized spacial score (nSPS) is 14.5. The molecule has 232 valence electrons. The average Bonchev–Trinajstić information content (AvgIpc) is 3.73. The van der Waals surface area contributed by atoms with Crippen LogP contribution in [0.3, 0.4) is 0 Å². The smallest absolute Gasteiger partial charge is 0.246 e. The molecule has 12 heteroatoms. The van der Waals surface area contributed by atoms with Gasteiger partial charge in [0.2, 0.25) is 5.91 Å². The van der Waals surface area contributed by atoms with E-state index >= 15 is 4.39 Å². The van der Waals surface area contributed by atoms with Crippen molar-refractivity contribution < 1.29 is 23.0 Å². The van der Waals surface area contributed by atoms with Gasteiger partial charge in [0, 0.05) is 57.8 Å². The lowest BCUT2D eigenvalue weighted by atomic mass is 9.96. The summed E-state index contributed by atoms with van der Waals surface area (Å²) >= 11 is 1.42. The highest BCUT2D eigenvalue weighted by Gasteiger charge is 2.31. The second-order valence-corrected chi connectivity index (χ2v) is 11.8. The van der Waals surface area contributed by atoms with E-state index < -0.39 is 11.6 Å². The molecule has 0 spiro atoms. The van der Waals surface area contributed by atoms with Gasteiger partial charge in [0.15, 0.2) is 0 Å². The lowest BCUT2D eigenvalue weighted by Gasteiger charge is -2.33. The Bertz CT molecular complexity index is 2150. The Kier molecular flexibility index (Phi) is 7.75. The Labute approximate surface area is 266 Å². The number of pyridine rings is 1. The number of ether oxygens (including phenoxy) is 2. The summed E-state index contributed by atoms with van der Waals surface area (Å²) in [5, 5.41) is 17.5. The largest absolute Gasteiger partial charge is 0.490 e. The molecule has 1 atom stereocenters. The van der Waals surface area contributed by atoms with Crippen LogP contribution >= 0.6 is 11.3 Å². The van der Waals surface area contributed by atoms with Crippen LogP contribution in [-0.2, 0) is 16.1 Å². The SMILES string of the molecule is C=CC(=O)N1CCn2nc(-c3nc(-c4ccc5cnncc5c4)c4ccsc4c3-c3c(F)cc(F)cc3OCCOC)cc2[C@H]1C. The molecule has 1 amide bonds. The van der Waals surface area contributed by atoms with Gasteiger partial charge in [0.05, 0.1) is 48.5 Å². The van der Waals surface area contributed by atoms with Crippen molar-refractivity contribution in [2.45, 2.75) is 19.5 Å². The van der Waals surface area contributed by atoms with Gasteiger partial charge in [0.1, 0.15) is 35.4 Å². The van der Waals surface area contributed by atoms with Gasteiger partial charge in [-0.15, -0.1) is 11.3 Å². The van der Waals surface area contributed by atoms with Gasteiger partial charge in [-0.2, -0.15) is 15.3 Å². The number of nitrogens with zero attached hydrogens (tertiary/aromatic N) is 6. The molecule has 46 heavy (non-hydrogen) atoms. The van der Waals surface area contributed by atoms with Crippen LogP contribution in [0.1, 0.15) is 18.7 Å². The topological polar surface area (TPSA) is 95.3 Å². The van der Waals surface area contributed by atoms with Crippen LogP contribution in [0.2, 0.25) is 0 Å². The van der Waals surface area contributed by atoms with Crippen molar-refractivity contribution in [1.82, 2.24) is 29.9 Å². The summed E-state index contributed by atoms with van der Waals surface area (Å²) in [6.45, 7) is 6.81. The molecular weight excluding hydrogens is 610 g/mol. The van der Waals surface area contributed by atoms with E-state index in [1.165, 1.54) is 30.6 Å². The van der Waals surface area contributed by atoms with Gasteiger partial charge in [-0.05, 0) is 36.6 Å². The molecule has 2 aromatic carbocycles. The van der Waals surface area contributed by atoms with E-state index in [4.69, 9.17) is 19.6 Å². The highest BCUT2D eigenvalue weighted by atomic mass is 32.1. The minimum Gasteiger partial charge on any atom is -0.490 e. The first-order chi connectivity index (χ1) is 22.4. The molecule has 0 saturated carbocycles. The zero-order valence-corrected chi connectivity index (χ0v) is 25.9. The first kappa shape index (κ1) is 29.6. The van der Waals surface area contributed by atoms with Crippen molar-refractivity contribution in [2.24, 2.45) is 0 Å². The number of halogens is 2. The number of hydrogen-bond acceptors (Lipinski definition) is 8. The number of carbonyl (C=O) groups excluding carboxylic acids is 1. The monoisotopic (exact) mass is 638 g/mol. The Hall–Kier alpha value is -5.07. The van der Waals surface area contributed by atoms with Crippen molar-refractivity contribution in [3.05, 3.63) is 90.2 Å². The van der Waals surface area contributed by atoms with E-state index in [0.717, 1.165) is 38.2 Å². The number of amides is 1. The summed E-state index contributed by atoms with van der Waals surface area (Å²) in [6, 6.07) is 11.5. The molecule has 0 bridgehead atoms. The van der Waals surface area contributed by atoms with Gasteiger partial charge < -0.3 is 14.4 Å². The predicted octanol–water partition coefficient (Wildman–Crippen LogP) is 6.83. The van der Waals surface area contributed by atoms with Gasteiger partial charge in [-0.1, -0.05) is 18.7 Å². The number of hydrogen-bond donors (Lipinski definition) is 0. The molecule has 0 saturated heterocycles. The second kappa shape index (κ2) is 12.0. The maximum atomic E-state index is 16.0. The highest BCUT2D eigenvalue weighted by molar-refractivity contribution is 7.18. The molecule has 1 aliphatic rings. The maximum absolute atomic E-state index is 16.0. The summed E-state index contributed by atoms with van der Waals surface area (Å²) in [5.74, 6) is -1.69. The third kappa shape index (κ3) is 5.09. The van der Waals surface area contributed by atoms with Gasteiger partial charge in [-0.25, -0.2) is 13.8 Å². The molecule has 0 aliphatic carbocycles. The third-order valence-electron chi connectivity index (χ3n) is 8.20. The Morgan fingerprint density at radius 2 is 1.87 bits per heavy atom. The Morgan fingerprint density at radius 1 is 1.04 bits per heavy atom. The van der Waals surface area contributed by atoms with Crippen LogP contribution in [-0.4, -0.2) is 62.6 Å². The highest BCUT2D eigenvalue weighted by Crippen LogP contribution is 2.47. The van der Waals surface area contributed by atoms with E-state index in [1.54, 1.807) is 17.3 Å². The number of benzene rings is 2. The summed E-state index contributed by atoms with van der Waals surface area (Å²) in [6.07, 6.45) is 4.69. The van der Waals surface area contributed by atoms with Crippen molar-refractivity contribution in [3.8, 4) is 39.5 Å². The maximum Gasteiger partial charge on any atom is 0.246 e. The van der Waals surface area contributed by atoms with Crippen LogP contribution in [0.25, 0.3) is 54.6 Å². The minimum atomic E-state index is -0.790. The fraction of sp³-hybridized carbons (Fsp3) is 0.206. The average molecular weight is 639 g/mol. The molecule has 0 unspecified atom stereocenters. The summed E-state index contributed by atoms with van der Waals surface area (Å²) in [4.78, 5) is 19.5. The van der Waals surface area contributed by atoms with Crippen molar-refractivity contribution in [1.29, 1.82) is 0 Å².